The third-order valence-electron chi connectivity index (χ3n) is 6.72. The first kappa shape index (κ1) is 31.7. The van der Waals surface area contributed by atoms with Gasteiger partial charge in [0.25, 0.3) is 5.91 Å². The van der Waals surface area contributed by atoms with E-state index in [0.717, 1.165) is 10.6 Å². The van der Waals surface area contributed by atoms with Crippen LogP contribution in [0.3, 0.4) is 0 Å². The molecule has 0 aliphatic carbocycles. The molecule has 0 saturated heterocycles. The van der Waals surface area contributed by atoms with Gasteiger partial charge in [-0.25, -0.2) is 17.6 Å². The Labute approximate surface area is 249 Å². The van der Waals surface area contributed by atoms with E-state index < -0.39 is 46.8 Å². The van der Waals surface area contributed by atoms with Crippen LogP contribution in [-0.2, 0) is 33.8 Å². The highest BCUT2D eigenvalue weighted by Gasteiger charge is 2.35. The summed E-state index contributed by atoms with van der Waals surface area (Å²) in [5.41, 5.74) is 1.81. The number of sulfonamides is 1. The van der Waals surface area contributed by atoms with E-state index in [-0.39, 0.29) is 24.5 Å². The standard InChI is InChI=1S/C30H33FN2O9S/c1-18-21(14-33(43(4,37)38)15-25(40-18)17-39-27(35)16-34)13-26-19(2)41-29(28(26)30(36)32-3)20-5-9-23(10-6-20)42-24-11-7-22(31)8-12-24/h5-14,18-19,25,34H,15-17H2,1-4H3,(H,32,36)/b26-13+/t18-,19?,25-/m0/s1. The molecule has 2 aliphatic rings. The average Bonchev–Trinajstić information content (AvgIpc) is 3.20. The van der Waals surface area contributed by atoms with Crippen molar-refractivity contribution in [2.24, 2.45) is 0 Å². The number of aliphatic hydroxyl groups is 1. The predicted octanol–water partition coefficient (Wildman–Crippen LogP) is 2.89. The van der Waals surface area contributed by atoms with Crippen LogP contribution >= 0.6 is 0 Å². The summed E-state index contributed by atoms with van der Waals surface area (Å²) in [5, 5.41) is 11.6. The molecule has 0 fully saturated rings. The van der Waals surface area contributed by atoms with Gasteiger partial charge < -0.3 is 29.4 Å². The number of nitrogens with one attached hydrogen (secondary N) is 1. The number of esters is 1. The summed E-state index contributed by atoms with van der Waals surface area (Å²) < 4.78 is 62.4. The fraction of sp³-hybridized carbons (Fsp3) is 0.333. The maximum atomic E-state index is 13.2. The molecule has 2 aromatic carbocycles. The van der Waals surface area contributed by atoms with Crippen molar-refractivity contribution >= 4 is 27.7 Å². The molecule has 230 valence electrons. The number of hydrogen-bond acceptors (Lipinski definition) is 9. The Bertz CT molecular complexity index is 1550. The zero-order valence-corrected chi connectivity index (χ0v) is 24.9. The summed E-state index contributed by atoms with van der Waals surface area (Å²) in [6.07, 6.45) is 2.07. The van der Waals surface area contributed by atoms with Gasteiger partial charge in [0, 0.05) is 24.4 Å². The van der Waals surface area contributed by atoms with Crippen molar-refractivity contribution < 1.29 is 46.5 Å². The lowest BCUT2D eigenvalue weighted by atomic mass is 9.96. The highest BCUT2D eigenvalue weighted by molar-refractivity contribution is 7.88. The van der Waals surface area contributed by atoms with Gasteiger partial charge in [0.15, 0.2) is 0 Å². The number of ether oxygens (including phenoxy) is 4. The second-order valence-corrected chi connectivity index (χ2v) is 11.9. The van der Waals surface area contributed by atoms with Crippen LogP contribution in [0.1, 0.15) is 19.4 Å². The van der Waals surface area contributed by atoms with Crippen molar-refractivity contribution in [3.05, 3.63) is 88.9 Å². The first-order chi connectivity index (χ1) is 20.4. The molecular formula is C30H33FN2O9S. The molecule has 2 N–H and O–H groups in total. The third-order valence-corrected chi connectivity index (χ3v) is 7.82. The van der Waals surface area contributed by atoms with E-state index in [2.05, 4.69) is 5.32 Å². The maximum Gasteiger partial charge on any atom is 0.331 e. The quantitative estimate of drug-likeness (QED) is 0.407. The van der Waals surface area contributed by atoms with Crippen molar-refractivity contribution in [1.29, 1.82) is 0 Å². The van der Waals surface area contributed by atoms with Crippen molar-refractivity contribution in [2.75, 3.05) is 33.1 Å². The molecule has 2 heterocycles. The lowest BCUT2D eigenvalue weighted by molar-refractivity contribution is -0.151. The molecule has 13 heteroatoms. The first-order valence-corrected chi connectivity index (χ1v) is 15.2. The summed E-state index contributed by atoms with van der Waals surface area (Å²) in [5.74, 6) is -0.367. The van der Waals surface area contributed by atoms with Crippen LogP contribution < -0.4 is 10.1 Å². The number of carbonyl (C=O) groups excluding carboxylic acids is 2. The number of aliphatic hydroxyl groups excluding tert-OH is 1. The minimum atomic E-state index is -3.74. The number of benzene rings is 2. The Morgan fingerprint density at radius 2 is 1.72 bits per heavy atom. The molecule has 3 atom stereocenters. The van der Waals surface area contributed by atoms with Gasteiger partial charge in [-0.3, -0.25) is 9.10 Å². The fourth-order valence-corrected chi connectivity index (χ4v) is 5.28. The largest absolute Gasteiger partial charge is 0.485 e. The molecule has 0 radical (unpaired) electrons. The number of amides is 1. The molecule has 1 unspecified atom stereocenters. The number of carbonyl (C=O) groups is 2. The van der Waals surface area contributed by atoms with E-state index in [1.54, 1.807) is 44.2 Å². The number of rotatable bonds is 9. The van der Waals surface area contributed by atoms with E-state index in [1.165, 1.54) is 37.5 Å². The van der Waals surface area contributed by atoms with E-state index in [0.29, 0.717) is 34.0 Å². The van der Waals surface area contributed by atoms with Gasteiger partial charge in [-0.15, -0.1) is 0 Å². The smallest absolute Gasteiger partial charge is 0.331 e. The van der Waals surface area contributed by atoms with Crippen LogP contribution in [0, 0.1) is 5.82 Å². The van der Waals surface area contributed by atoms with Gasteiger partial charge in [-0.2, -0.15) is 0 Å². The van der Waals surface area contributed by atoms with Crippen LogP contribution in [0.4, 0.5) is 4.39 Å². The van der Waals surface area contributed by atoms with Crippen molar-refractivity contribution in [1.82, 2.24) is 9.62 Å². The third kappa shape index (κ3) is 7.80. The lowest BCUT2D eigenvalue weighted by Crippen LogP contribution is -2.36. The number of hydrogen-bond donors (Lipinski definition) is 2. The van der Waals surface area contributed by atoms with Crippen LogP contribution in [-0.4, -0.2) is 81.1 Å². The Kier molecular flexibility index (Phi) is 9.89. The number of halogens is 1. The van der Waals surface area contributed by atoms with Gasteiger partial charge >= 0.3 is 5.97 Å². The van der Waals surface area contributed by atoms with Gasteiger partial charge in [0.1, 0.15) is 48.5 Å². The molecule has 43 heavy (non-hydrogen) atoms. The zero-order chi connectivity index (χ0) is 31.3. The SMILES string of the molecule is CNC(=O)C1=C(c2ccc(Oc3ccc(F)cc3)cc2)OC(C)/C1=C\C1=CN(S(C)(=O)=O)C[C@@H](COC(=O)CO)O[C@H]1C. The zero-order valence-electron chi connectivity index (χ0n) is 24.1. The highest BCUT2D eigenvalue weighted by atomic mass is 32.2. The summed E-state index contributed by atoms with van der Waals surface area (Å²) in [4.78, 5) is 24.6. The number of likely N-dealkylation sites (N-methyl/N-ethyl adjacent to an activating group) is 1. The first-order valence-electron chi connectivity index (χ1n) is 13.4. The topological polar surface area (TPSA) is 141 Å². The molecule has 1 amide bonds. The maximum absolute atomic E-state index is 13.2. The summed E-state index contributed by atoms with van der Waals surface area (Å²) in [6.45, 7) is 2.27. The van der Waals surface area contributed by atoms with Crippen molar-refractivity contribution in [2.45, 2.75) is 32.2 Å². The molecule has 0 spiro atoms. The minimum Gasteiger partial charge on any atom is -0.485 e. The number of nitrogens with zero attached hydrogens (tertiary/aromatic N) is 1. The molecular weight excluding hydrogens is 583 g/mol. The van der Waals surface area contributed by atoms with Gasteiger partial charge in [-0.05, 0) is 74.0 Å². The Balaban J connectivity index is 1.68. The van der Waals surface area contributed by atoms with E-state index in [1.807, 2.05) is 0 Å². The normalized spacial score (nSPS) is 21.6. The van der Waals surface area contributed by atoms with E-state index >= 15 is 0 Å². The van der Waals surface area contributed by atoms with Crippen LogP contribution in [0.5, 0.6) is 11.5 Å². The fourth-order valence-electron chi connectivity index (χ4n) is 4.53. The van der Waals surface area contributed by atoms with Crippen LogP contribution in [0.2, 0.25) is 0 Å². The molecule has 0 saturated carbocycles. The Hall–Kier alpha value is -4.20. The van der Waals surface area contributed by atoms with Gasteiger partial charge in [0.2, 0.25) is 10.0 Å². The second kappa shape index (κ2) is 13.4. The van der Waals surface area contributed by atoms with Crippen LogP contribution in [0.25, 0.3) is 5.76 Å². The summed E-state index contributed by atoms with van der Waals surface area (Å²) in [6, 6.07) is 12.5. The Morgan fingerprint density at radius 3 is 2.30 bits per heavy atom. The molecule has 0 aromatic heterocycles. The molecule has 2 aliphatic heterocycles. The van der Waals surface area contributed by atoms with Crippen molar-refractivity contribution in [3.63, 3.8) is 0 Å². The molecule has 11 nitrogen and oxygen atoms in total. The average molecular weight is 617 g/mol. The van der Waals surface area contributed by atoms with E-state index in [4.69, 9.17) is 24.1 Å². The Morgan fingerprint density at radius 1 is 1.09 bits per heavy atom. The van der Waals surface area contributed by atoms with Gasteiger partial charge in [0.05, 0.1) is 24.5 Å². The summed E-state index contributed by atoms with van der Waals surface area (Å²) in [7, 11) is -2.25. The highest BCUT2D eigenvalue weighted by Crippen LogP contribution is 2.39. The monoisotopic (exact) mass is 616 g/mol. The molecule has 0 bridgehead atoms. The second-order valence-electron chi connectivity index (χ2n) is 9.93. The van der Waals surface area contributed by atoms with E-state index in [9.17, 15) is 22.4 Å². The van der Waals surface area contributed by atoms with Crippen molar-refractivity contribution in [3.8, 4) is 11.5 Å². The predicted molar refractivity (Wildman–Crippen MR) is 155 cm³/mol. The van der Waals surface area contributed by atoms with Gasteiger partial charge in [-0.1, -0.05) is 0 Å². The molecule has 4 rings (SSSR count). The minimum absolute atomic E-state index is 0.129. The summed E-state index contributed by atoms with van der Waals surface area (Å²) >= 11 is 0. The lowest BCUT2D eigenvalue weighted by Gasteiger charge is -2.22. The van der Waals surface area contributed by atoms with Crippen LogP contribution in [0.15, 0.2) is 77.5 Å². The molecule has 2 aromatic rings.